The second-order valence-electron chi connectivity index (χ2n) is 4.23. The molecule has 0 aliphatic heterocycles. The molecule has 0 fully saturated rings. The van der Waals surface area contributed by atoms with E-state index in [0.717, 1.165) is 11.3 Å². The minimum absolute atomic E-state index is 0.372. The fraction of sp³-hybridized carbons (Fsp3) is 0.200. The molecule has 2 aromatic rings. The number of ether oxygens (including phenoxy) is 1. The fourth-order valence-electron chi connectivity index (χ4n) is 1.97. The standard InChI is InChI=1S/C15H14BrFO2/c1-19-15-5-3-2-4-10(15)8-14(18)11-6-12(16)9-13(17)7-11/h2-7,9,14,18H,8H2,1H3. The van der Waals surface area contributed by atoms with Crippen LogP contribution in [0.5, 0.6) is 5.75 Å². The Morgan fingerprint density at radius 2 is 2.00 bits per heavy atom. The summed E-state index contributed by atoms with van der Waals surface area (Å²) in [5, 5.41) is 10.2. The van der Waals surface area contributed by atoms with Gasteiger partial charge in [0.1, 0.15) is 11.6 Å². The molecule has 100 valence electrons. The maximum Gasteiger partial charge on any atom is 0.124 e. The highest BCUT2D eigenvalue weighted by Crippen LogP contribution is 2.27. The summed E-state index contributed by atoms with van der Waals surface area (Å²) >= 11 is 3.22. The smallest absolute Gasteiger partial charge is 0.124 e. The molecule has 1 N–H and O–H groups in total. The molecule has 0 aromatic heterocycles. The Labute approximate surface area is 120 Å². The molecule has 0 bridgehead atoms. The predicted octanol–water partition coefficient (Wildman–Crippen LogP) is 3.87. The van der Waals surface area contributed by atoms with Gasteiger partial charge in [0, 0.05) is 10.9 Å². The van der Waals surface area contributed by atoms with Gasteiger partial charge in [-0.25, -0.2) is 4.39 Å². The van der Waals surface area contributed by atoms with Gasteiger partial charge in [0.2, 0.25) is 0 Å². The van der Waals surface area contributed by atoms with Gasteiger partial charge in [0.25, 0.3) is 0 Å². The van der Waals surface area contributed by atoms with E-state index in [9.17, 15) is 9.50 Å². The van der Waals surface area contributed by atoms with Gasteiger partial charge in [0.15, 0.2) is 0 Å². The molecular formula is C15H14BrFO2. The van der Waals surface area contributed by atoms with Crippen LogP contribution >= 0.6 is 15.9 Å². The van der Waals surface area contributed by atoms with Crippen LogP contribution in [0.4, 0.5) is 4.39 Å². The molecule has 2 rings (SSSR count). The van der Waals surface area contributed by atoms with E-state index >= 15 is 0 Å². The zero-order valence-corrected chi connectivity index (χ0v) is 12.0. The molecule has 0 spiro atoms. The van der Waals surface area contributed by atoms with E-state index < -0.39 is 6.10 Å². The highest BCUT2D eigenvalue weighted by Gasteiger charge is 2.13. The lowest BCUT2D eigenvalue weighted by Gasteiger charge is -2.14. The molecule has 2 aromatic carbocycles. The van der Waals surface area contributed by atoms with E-state index in [-0.39, 0.29) is 5.82 Å². The minimum Gasteiger partial charge on any atom is -0.496 e. The maximum absolute atomic E-state index is 13.3. The molecule has 1 atom stereocenters. The van der Waals surface area contributed by atoms with Crippen molar-refractivity contribution < 1.29 is 14.2 Å². The minimum atomic E-state index is -0.775. The number of halogens is 2. The number of methoxy groups -OCH3 is 1. The van der Waals surface area contributed by atoms with Crippen LogP contribution in [0.25, 0.3) is 0 Å². The third-order valence-electron chi connectivity index (χ3n) is 2.88. The topological polar surface area (TPSA) is 29.5 Å². The third-order valence-corrected chi connectivity index (χ3v) is 3.33. The van der Waals surface area contributed by atoms with Gasteiger partial charge in [-0.2, -0.15) is 0 Å². The van der Waals surface area contributed by atoms with Crippen molar-refractivity contribution in [3.05, 3.63) is 63.9 Å². The lowest BCUT2D eigenvalue weighted by Crippen LogP contribution is -2.04. The molecular weight excluding hydrogens is 311 g/mol. The van der Waals surface area contributed by atoms with Gasteiger partial charge in [-0.1, -0.05) is 34.1 Å². The maximum atomic E-state index is 13.3. The number of para-hydroxylation sites is 1. The van der Waals surface area contributed by atoms with Crippen molar-refractivity contribution in [3.8, 4) is 5.75 Å². The van der Waals surface area contributed by atoms with Crippen LogP contribution in [0, 0.1) is 5.82 Å². The van der Waals surface area contributed by atoms with E-state index in [4.69, 9.17) is 4.74 Å². The van der Waals surface area contributed by atoms with E-state index in [1.54, 1.807) is 13.2 Å². The summed E-state index contributed by atoms with van der Waals surface area (Å²) in [6.45, 7) is 0. The van der Waals surface area contributed by atoms with E-state index in [2.05, 4.69) is 15.9 Å². The van der Waals surface area contributed by atoms with E-state index in [0.29, 0.717) is 16.5 Å². The molecule has 1 unspecified atom stereocenters. The first-order chi connectivity index (χ1) is 9.10. The first-order valence-electron chi connectivity index (χ1n) is 5.86. The summed E-state index contributed by atoms with van der Waals surface area (Å²) in [7, 11) is 1.59. The zero-order chi connectivity index (χ0) is 13.8. The fourth-order valence-corrected chi connectivity index (χ4v) is 2.45. The zero-order valence-electron chi connectivity index (χ0n) is 10.4. The van der Waals surface area contributed by atoms with Crippen LogP contribution in [0.1, 0.15) is 17.2 Å². The van der Waals surface area contributed by atoms with Crippen molar-refractivity contribution in [1.82, 2.24) is 0 Å². The first-order valence-corrected chi connectivity index (χ1v) is 6.65. The molecule has 0 saturated heterocycles. The highest BCUT2D eigenvalue weighted by atomic mass is 79.9. The summed E-state index contributed by atoms with van der Waals surface area (Å²) in [5.41, 5.74) is 1.43. The second-order valence-corrected chi connectivity index (χ2v) is 5.15. The van der Waals surface area contributed by atoms with E-state index in [1.165, 1.54) is 12.1 Å². The molecule has 0 radical (unpaired) electrons. The largest absolute Gasteiger partial charge is 0.496 e. The van der Waals surface area contributed by atoms with Gasteiger partial charge in [-0.05, 0) is 35.4 Å². The van der Waals surface area contributed by atoms with Gasteiger partial charge in [0.05, 0.1) is 13.2 Å². The van der Waals surface area contributed by atoms with Crippen molar-refractivity contribution in [2.75, 3.05) is 7.11 Å². The van der Waals surface area contributed by atoms with Crippen LogP contribution in [0.3, 0.4) is 0 Å². The van der Waals surface area contributed by atoms with Gasteiger partial charge in [-0.15, -0.1) is 0 Å². The van der Waals surface area contributed by atoms with Crippen LogP contribution in [-0.2, 0) is 6.42 Å². The summed E-state index contributed by atoms with van der Waals surface area (Å²) in [5.74, 6) is 0.348. The Morgan fingerprint density at radius 1 is 1.26 bits per heavy atom. The van der Waals surface area contributed by atoms with Crippen LogP contribution in [0.15, 0.2) is 46.9 Å². The normalized spacial score (nSPS) is 12.2. The lowest BCUT2D eigenvalue weighted by molar-refractivity contribution is 0.176. The molecule has 2 nitrogen and oxygen atoms in total. The van der Waals surface area contributed by atoms with Crippen molar-refractivity contribution in [2.45, 2.75) is 12.5 Å². The lowest BCUT2D eigenvalue weighted by atomic mass is 10.0. The van der Waals surface area contributed by atoms with Gasteiger partial charge < -0.3 is 9.84 Å². The highest BCUT2D eigenvalue weighted by molar-refractivity contribution is 9.10. The average Bonchev–Trinajstić information content (AvgIpc) is 2.38. The summed E-state index contributed by atoms with van der Waals surface area (Å²) in [4.78, 5) is 0. The summed E-state index contributed by atoms with van der Waals surface area (Å²) in [6, 6.07) is 11.9. The van der Waals surface area contributed by atoms with E-state index in [1.807, 2.05) is 24.3 Å². The van der Waals surface area contributed by atoms with Crippen molar-refractivity contribution in [2.24, 2.45) is 0 Å². The number of rotatable bonds is 4. The monoisotopic (exact) mass is 324 g/mol. The predicted molar refractivity (Wildman–Crippen MR) is 75.8 cm³/mol. The summed E-state index contributed by atoms with van der Waals surface area (Å²) in [6.07, 6.45) is -0.400. The second kappa shape index (κ2) is 6.17. The average molecular weight is 325 g/mol. The number of aliphatic hydroxyl groups excluding tert-OH is 1. The third kappa shape index (κ3) is 3.55. The number of hydrogen-bond donors (Lipinski definition) is 1. The molecule has 4 heteroatoms. The van der Waals surface area contributed by atoms with Crippen molar-refractivity contribution in [3.63, 3.8) is 0 Å². The molecule has 19 heavy (non-hydrogen) atoms. The number of hydrogen-bond acceptors (Lipinski definition) is 2. The molecule has 0 saturated carbocycles. The number of aliphatic hydroxyl groups is 1. The Morgan fingerprint density at radius 3 is 2.68 bits per heavy atom. The Kier molecular flexibility index (Phi) is 4.56. The molecule has 0 aliphatic rings. The summed E-state index contributed by atoms with van der Waals surface area (Å²) < 4.78 is 19.2. The van der Waals surface area contributed by atoms with Crippen LogP contribution in [-0.4, -0.2) is 12.2 Å². The van der Waals surface area contributed by atoms with Gasteiger partial charge in [-0.3, -0.25) is 0 Å². The SMILES string of the molecule is COc1ccccc1CC(O)c1cc(F)cc(Br)c1. The molecule has 0 amide bonds. The molecule has 0 heterocycles. The molecule has 0 aliphatic carbocycles. The van der Waals surface area contributed by atoms with Gasteiger partial charge >= 0.3 is 0 Å². The Hall–Kier alpha value is -1.39. The Balaban J connectivity index is 2.22. The number of benzene rings is 2. The van der Waals surface area contributed by atoms with Crippen molar-refractivity contribution >= 4 is 15.9 Å². The Bertz CT molecular complexity index is 552. The van der Waals surface area contributed by atoms with Crippen LogP contribution < -0.4 is 4.74 Å². The van der Waals surface area contributed by atoms with Crippen LogP contribution in [0.2, 0.25) is 0 Å². The van der Waals surface area contributed by atoms with Crippen molar-refractivity contribution in [1.29, 1.82) is 0 Å². The first kappa shape index (κ1) is 14.0. The quantitative estimate of drug-likeness (QED) is 0.925.